The van der Waals surface area contributed by atoms with Crippen LogP contribution in [-0.4, -0.2) is 35.5 Å². The summed E-state index contributed by atoms with van der Waals surface area (Å²) < 4.78 is 66.7. The lowest BCUT2D eigenvalue weighted by Crippen LogP contribution is -2.53. The Kier molecular flexibility index (Phi) is 5.38. The molecule has 0 saturated heterocycles. The van der Waals surface area contributed by atoms with Crippen molar-refractivity contribution in [1.82, 2.24) is 0 Å². The molecule has 0 aromatic heterocycles. The molecule has 158 valence electrons. The number of rotatable bonds is 5. The fraction of sp³-hybridized carbons (Fsp3) is 0.150. The first-order chi connectivity index (χ1) is 14.0. The number of hydrogen-bond acceptors (Lipinski definition) is 4. The summed E-state index contributed by atoms with van der Waals surface area (Å²) >= 11 is 0. The second kappa shape index (κ2) is 7.52. The van der Waals surface area contributed by atoms with Crippen molar-refractivity contribution in [3.63, 3.8) is 0 Å². The fourth-order valence-corrected chi connectivity index (χ4v) is 4.65. The van der Waals surface area contributed by atoms with Crippen LogP contribution in [0.2, 0.25) is 0 Å². The molecule has 1 aliphatic rings. The number of nitrogens with one attached hydrogen (secondary N) is 1. The summed E-state index contributed by atoms with van der Waals surface area (Å²) in [5.41, 5.74) is -0.278. The number of benzene rings is 2. The number of halogens is 3. The molecule has 0 saturated carbocycles. The minimum atomic E-state index is -5.16. The van der Waals surface area contributed by atoms with E-state index >= 15 is 0 Å². The van der Waals surface area contributed by atoms with Gasteiger partial charge in [-0.1, -0.05) is 48.6 Å². The third-order valence-electron chi connectivity index (χ3n) is 4.70. The highest BCUT2D eigenvalue weighted by Crippen LogP contribution is 2.47. The Hall–Kier alpha value is -3.27. The van der Waals surface area contributed by atoms with Crippen molar-refractivity contribution < 1.29 is 36.6 Å². The fourth-order valence-electron chi connectivity index (χ4n) is 3.12. The van der Waals surface area contributed by atoms with Crippen LogP contribution in [0.5, 0.6) is 5.75 Å². The average molecular weight is 439 g/mol. The molecule has 1 unspecified atom stereocenters. The second-order valence-corrected chi connectivity index (χ2v) is 8.56. The Morgan fingerprint density at radius 2 is 1.77 bits per heavy atom. The van der Waals surface area contributed by atoms with Crippen molar-refractivity contribution >= 4 is 27.3 Å². The van der Waals surface area contributed by atoms with Gasteiger partial charge in [0.25, 0.3) is 10.0 Å². The Balaban J connectivity index is 2.02. The van der Waals surface area contributed by atoms with Gasteiger partial charge in [-0.15, -0.1) is 0 Å². The quantitative estimate of drug-likeness (QED) is 0.649. The number of carboxylic acids is 1. The van der Waals surface area contributed by atoms with Gasteiger partial charge in [-0.05, 0) is 23.3 Å². The van der Waals surface area contributed by atoms with E-state index in [4.69, 9.17) is 5.11 Å². The molecule has 0 fully saturated rings. The summed E-state index contributed by atoms with van der Waals surface area (Å²) in [5, 5.41) is 18.6. The maximum Gasteiger partial charge on any atom is 0.413 e. The molecular weight excluding hydrogens is 423 g/mol. The van der Waals surface area contributed by atoms with Gasteiger partial charge >= 0.3 is 12.1 Å². The van der Waals surface area contributed by atoms with Crippen LogP contribution < -0.4 is 4.72 Å². The van der Waals surface area contributed by atoms with Crippen molar-refractivity contribution in [2.75, 3.05) is 4.72 Å². The summed E-state index contributed by atoms with van der Waals surface area (Å²) in [6.07, 6.45) is -2.97. The van der Waals surface area contributed by atoms with E-state index in [-0.39, 0.29) is 5.57 Å². The van der Waals surface area contributed by atoms with Gasteiger partial charge in [0, 0.05) is 12.5 Å². The number of carbonyl (C=O) groups is 1. The third kappa shape index (κ3) is 3.78. The molecule has 0 heterocycles. The number of carboxylic acid groups (broad SMARTS) is 1. The number of alkyl halides is 3. The first-order valence-corrected chi connectivity index (χ1v) is 10.0. The molecule has 6 nitrogen and oxygen atoms in total. The lowest BCUT2D eigenvalue weighted by atomic mass is 9.89. The maximum absolute atomic E-state index is 14.1. The Labute approximate surface area is 170 Å². The van der Waals surface area contributed by atoms with Gasteiger partial charge in [-0.3, -0.25) is 4.72 Å². The van der Waals surface area contributed by atoms with E-state index in [9.17, 15) is 31.5 Å². The summed E-state index contributed by atoms with van der Waals surface area (Å²) in [6.45, 7) is 0. The second-order valence-electron chi connectivity index (χ2n) is 6.62. The molecule has 2 aromatic carbocycles. The minimum absolute atomic E-state index is 0.185. The van der Waals surface area contributed by atoms with Crippen molar-refractivity contribution in [2.45, 2.75) is 17.3 Å². The highest BCUT2D eigenvalue weighted by molar-refractivity contribution is 7.94. The van der Waals surface area contributed by atoms with E-state index in [2.05, 4.69) is 0 Å². The van der Waals surface area contributed by atoms with Crippen molar-refractivity contribution in [2.24, 2.45) is 0 Å². The average Bonchev–Trinajstić information content (AvgIpc) is 2.67. The van der Waals surface area contributed by atoms with Crippen molar-refractivity contribution in [3.8, 4) is 5.75 Å². The SMILES string of the molecule is O=C(O)c1ccc(NS(=O)(=O)C2(C(F)(F)F)C=CC=C(c3ccccc3)C2)cc1O. The van der Waals surface area contributed by atoms with Crippen LogP contribution in [0.1, 0.15) is 22.3 Å². The zero-order valence-corrected chi connectivity index (χ0v) is 16.0. The van der Waals surface area contributed by atoms with Crippen LogP contribution in [-0.2, 0) is 10.0 Å². The zero-order valence-electron chi connectivity index (χ0n) is 15.2. The Morgan fingerprint density at radius 3 is 2.33 bits per heavy atom. The maximum atomic E-state index is 14.1. The normalized spacial score (nSPS) is 19.2. The molecule has 10 heteroatoms. The molecule has 1 aliphatic carbocycles. The van der Waals surface area contributed by atoms with Gasteiger partial charge in [0.2, 0.25) is 4.75 Å². The van der Waals surface area contributed by atoms with E-state index in [1.54, 1.807) is 30.3 Å². The van der Waals surface area contributed by atoms with Crippen LogP contribution >= 0.6 is 0 Å². The number of aromatic carboxylic acids is 1. The largest absolute Gasteiger partial charge is 0.507 e. The predicted octanol–water partition coefficient (Wildman–Crippen LogP) is 4.18. The molecule has 0 spiro atoms. The highest BCUT2D eigenvalue weighted by atomic mass is 32.2. The summed E-state index contributed by atoms with van der Waals surface area (Å²) in [4.78, 5) is 11.0. The van der Waals surface area contributed by atoms with Gasteiger partial charge < -0.3 is 10.2 Å². The molecule has 2 aromatic rings. The van der Waals surface area contributed by atoms with E-state index in [0.29, 0.717) is 11.6 Å². The monoisotopic (exact) mass is 439 g/mol. The number of hydrogen-bond donors (Lipinski definition) is 3. The molecule has 0 amide bonds. The zero-order chi connectivity index (χ0) is 22.2. The first kappa shape index (κ1) is 21.4. The van der Waals surface area contributed by atoms with Gasteiger partial charge in [-0.2, -0.15) is 13.2 Å². The minimum Gasteiger partial charge on any atom is -0.507 e. The molecule has 0 radical (unpaired) electrons. The highest BCUT2D eigenvalue weighted by Gasteiger charge is 2.63. The summed E-state index contributed by atoms with van der Waals surface area (Å²) in [6, 6.07) is 10.7. The van der Waals surface area contributed by atoms with Gasteiger partial charge in [-0.25, -0.2) is 13.2 Å². The Bertz CT molecular complexity index is 1140. The molecule has 1 atom stereocenters. The van der Waals surface area contributed by atoms with Crippen LogP contribution in [0.15, 0.2) is 66.8 Å². The van der Waals surface area contributed by atoms with Crippen LogP contribution in [0.3, 0.4) is 0 Å². The van der Waals surface area contributed by atoms with Crippen molar-refractivity contribution in [3.05, 3.63) is 77.9 Å². The standard InChI is InChI=1S/C20H16F3NO5S/c21-20(22,23)19(10-4-7-14(12-19)13-5-2-1-3-6-13)30(28,29)24-15-8-9-16(18(26)27)17(25)11-15/h1-11,24-25H,12H2,(H,26,27). The molecule has 30 heavy (non-hydrogen) atoms. The molecule has 0 aliphatic heterocycles. The lowest BCUT2D eigenvalue weighted by molar-refractivity contribution is -0.148. The van der Waals surface area contributed by atoms with E-state index < -0.39 is 50.3 Å². The number of allylic oxidation sites excluding steroid dienone is 3. The molecule has 0 bridgehead atoms. The molecule has 3 rings (SSSR count). The number of sulfonamides is 1. The number of phenols is 1. The van der Waals surface area contributed by atoms with Gasteiger partial charge in [0.05, 0.1) is 5.69 Å². The van der Waals surface area contributed by atoms with Crippen molar-refractivity contribution in [1.29, 1.82) is 0 Å². The lowest BCUT2D eigenvalue weighted by Gasteiger charge is -2.35. The molecule has 3 N–H and O–H groups in total. The third-order valence-corrected chi connectivity index (χ3v) is 6.68. The number of aromatic hydroxyl groups is 1. The summed E-state index contributed by atoms with van der Waals surface area (Å²) in [7, 11) is -5.11. The van der Waals surface area contributed by atoms with E-state index in [1.807, 2.05) is 4.72 Å². The predicted molar refractivity (Wildman–Crippen MR) is 105 cm³/mol. The van der Waals surface area contributed by atoms with Gasteiger partial charge in [0.1, 0.15) is 11.3 Å². The summed E-state index contributed by atoms with van der Waals surface area (Å²) in [5.74, 6) is -2.26. The molecular formula is C20H16F3NO5S. The smallest absolute Gasteiger partial charge is 0.413 e. The van der Waals surface area contributed by atoms with Crippen LogP contribution in [0.25, 0.3) is 5.57 Å². The van der Waals surface area contributed by atoms with Crippen LogP contribution in [0.4, 0.5) is 18.9 Å². The number of anilines is 1. The first-order valence-electron chi connectivity index (χ1n) is 8.56. The van der Waals surface area contributed by atoms with Crippen LogP contribution in [0, 0.1) is 0 Å². The van der Waals surface area contributed by atoms with Gasteiger partial charge in [0.15, 0.2) is 0 Å². The topological polar surface area (TPSA) is 104 Å². The Morgan fingerprint density at radius 1 is 1.10 bits per heavy atom. The van der Waals surface area contributed by atoms with E-state index in [1.165, 1.54) is 6.08 Å². The van der Waals surface area contributed by atoms with E-state index in [0.717, 1.165) is 24.3 Å².